The average Bonchev–Trinajstić information content (AvgIpc) is 2.57. The third-order valence-electron chi connectivity index (χ3n) is 3.80. The first-order chi connectivity index (χ1) is 11.4. The number of carbonyl (C=O) groups excluding carboxylic acids is 1. The highest BCUT2D eigenvalue weighted by Gasteiger charge is 2.25. The Labute approximate surface area is 143 Å². The number of sulfonamides is 1. The molecule has 0 atom stereocenters. The lowest BCUT2D eigenvalue weighted by Gasteiger charge is -2.20. The smallest absolute Gasteiger partial charge is 0.243 e. The Balaban J connectivity index is 2.17. The zero-order valence-corrected chi connectivity index (χ0v) is 14.9. The van der Waals surface area contributed by atoms with Gasteiger partial charge in [-0.25, -0.2) is 8.42 Å². The average molecular weight is 346 g/mol. The summed E-state index contributed by atoms with van der Waals surface area (Å²) in [5.41, 5.74) is 2.62. The monoisotopic (exact) mass is 346 g/mol. The van der Waals surface area contributed by atoms with Crippen LogP contribution in [-0.2, 0) is 14.8 Å². The van der Waals surface area contributed by atoms with Gasteiger partial charge in [0.1, 0.15) is 0 Å². The van der Waals surface area contributed by atoms with E-state index >= 15 is 0 Å². The highest BCUT2D eigenvalue weighted by molar-refractivity contribution is 7.89. The Morgan fingerprint density at radius 3 is 2.12 bits per heavy atom. The molecule has 0 saturated carbocycles. The van der Waals surface area contributed by atoms with Crippen LogP contribution in [0, 0.1) is 13.8 Å². The van der Waals surface area contributed by atoms with Crippen LogP contribution in [-0.4, -0.2) is 31.7 Å². The van der Waals surface area contributed by atoms with E-state index in [1.807, 2.05) is 32.0 Å². The molecule has 0 fully saturated rings. The standard InChI is InChI=1S/C18H22N2O3S/c1-4-20(24(22,23)16-11-6-5-7-12-16)13-17(21)19-18-14(2)9-8-10-15(18)3/h5-12H,4,13H2,1-3H3,(H,19,21). The molecule has 0 aliphatic heterocycles. The minimum Gasteiger partial charge on any atom is -0.324 e. The van der Waals surface area contributed by atoms with Crippen molar-refractivity contribution in [3.05, 3.63) is 59.7 Å². The number of hydrogen-bond acceptors (Lipinski definition) is 3. The summed E-state index contributed by atoms with van der Waals surface area (Å²) < 4.78 is 26.4. The number of anilines is 1. The fourth-order valence-corrected chi connectivity index (χ4v) is 3.89. The van der Waals surface area contributed by atoms with Gasteiger partial charge in [0.15, 0.2) is 0 Å². The maximum Gasteiger partial charge on any atom is 0.243 e. The molecule has 24 heavy (non-hydrogen) atoms. The fourth-order valence-electron chi connectivity index (χ4n) is 2.46. The molecule has 0 aliphatic rings. The van der Waals surface area contributed by atoms with E-state index in [0.29, 0.717) is 0 Å². The van der Waals surface area contributed by atoms with Crippen molar-refractivity contribution in [1.29, 1.82) is 0 Å². The Bertz CT molecular complexity index is 797. The van der Waals surface area contributed by atoms with Crippen molar-refractivity contribution >= 4 is 21.6 Å². The van der Waals surface area contributed by atoms with Crippen LogP contribution in [0.1, 0.15) is 18.1 Å². The van der Waals surface area contributed by atoms with E-state index in [4.69, 9.17) is 0 Å². The molecule has 0 bridgehead atoms. The van der Waals surface area contributed by atoms with Crippen LogP contribution < -0.4 is 5.32 Å². The predicted molar refractivity (Wildman–Crippen MR) is 95.4 cm³/mol. The van der Waals surface area contributed by atoms with Crippen molar-refractivity contribution in [3.63, 3.8) is 0 Å². The minimum atomic E-state index is -3.69. The number of nitrogens with one attached hydrogen (secondary N) is 1. The molecule has 0 aromatic heterocycles. The van der Waals surface area contributed by atoms with E-state index in [1.165, 1.54) is 16.4 Å². The molecule has 128 valence electrons. The van der Waals surface area contributed by atoms with Crippen molar-refractivity contribution < 1.29 is 13.2 Å². The molecule has 6 heteroatoms. The summed E-state index contributed by atoms with van der Waals surface area (Å²) in [6, 6.07) is 13.9. The fraction of sp³-hybridized carbons (Fsp3) is 0.278. The van der Waals surface area contributed by atoms with Crippen molar-refractivity contribution in [3.8, 4) is 0 Å². The molecule has 0 radical (unpaired) electrons. The summed E-state index contributed by atoms with van der Waals surface area (Å²) >= 11 is 0. The van der Waals surface area contributed by atoms with Gasteiger partial charge in [0.05, 0.1) is 11.4 Å². The first-order valence-electron chi connectivity index (χ1n) is 7.77. The van der Waals surface area contributed by atoms with Crippen molar-refractivity contribution in [2.45, 2.75) is 25.7 Å². The molecule has 2 rings (SSSR count). The van der Waals surface area contributed by atoms with E-state index in [9.17, 15) is 13.2 Å². The second-order valence-corrected chi connectivity index (χ2v) is 7.50. The summed E-state index contributed by atoms with van der Waals surface area (Å²) in [5.74, 6) is -0.353. The number of nitrogens with zero attached hydrogens (tertiary/aromatic N) is 1. The Kier molecular flexibility index (Phi) is 5.75. The zero-order valence-electron chi connectivity index (χ0n) is 14.1. The van der Waals surface area contributed by atoms with Crippen molar-refractivity contribution in [1.82, 2.24) is 4.31 Å². The Hall–Kier alpha value is -2.18. The van der Waals surface area contributed by atoms with Crippen molar-refractivity contribution in [2.75, 3.05) is 18.4 Å². The normalized spacial score (nSPS) is 11.5. The van der Waals surface area contributed by atoms with Gasteiger partial charge >= 0.3 is 0 Å². The van der Waals surface area contributed by atoms with Crippen LogP contribution >= 0.6 is 0 Å². The Morgan fingerprint density at radius 1 is 1.00 bits per heavy atom. The largest absolute Gasteiger partial charge is 0.324 e. The van der Waals surface area contributed by atoms with Crippen LogP contribution in [0.25, 0.3) is 0 Å². The molecule has 0 spiro atoms. The molecule has 2 aromatic rings. The molecule has 1 N–H and O–H groups in total. The van der Waals surface area contributed by atoms with Crippen LogP contribution in [0.15, 0.2) is 53.4 Å². The maximum atomic E-state index is 12.6. The second kappa shape index (κ2) is 7.59. The summed E-state index contributed by atoms with van der Waals surface area (Å²) in [4.78, 5) is 12.5. The van der Waals surface area contributed by atoms with Crippen LogP contribution in [0.3, 0.4) is 0 Å². The molecule has 0 aliphatic carbocycles. The molecule has 0 heterocycles. The quantitative estimate of drug-likeness (QED) is 0.874. The Morgan fingerprint density at radius 2 is 1.58 bits per heavy atom. The summed E-state index contributed by atoms with van der Waals surface area (Å²) in [5, 5.41) is 2.82. The first-order valence-corrected chi connectivity index (χ1v) is 9.21. The summed E-state index contributed by atoms with van der Waals surface area (Å²) in [7, 11) is -3.69. The number of likely N-dealkylation sites (N-methyl/N-ethyl adjacent to an activating group) is 1. The van der Waals surface area contributed by atoms with E-state index in [0.717, 1.165) is 16.8 Å². The van der Waals surface area contributed by atoms with Crippen LogP contribution in [0.4, 0.5) is 5.69 Å². The molecule has 2 aromatic carbocycles. The number of aryl methyl sites for hydroxylation is 2. The van der Waals surface area contributed by atoms with Gasteiger partial charge in [-0.3, -0.25) is 4.79 Å². The molecule has 0 unspecified atom stereocenters. The highest BCUT2D eigenvalue weighted by Crippen LogP contribution is 2.20. The topological polar surface area (TPSA) is 66.5 Å². The van der Waals surface area contributed by atoms with Crippen LogP contribution in [0.5, 0.6) is 0 Å². The van der Waals surface area contributed by atoms with E-state index < -0.39 is 10.0 Å². The molecule has 0 saturated heterocycles. The van der Waals surface area contributed by atoms with E-state index in [-0.39, 0.29) is 23.9 Å². The number of para-hydroxylation sites is 1. The van der Waals surface area contributed by atoms with E-state index in [1.54, 1.807) is 25.1 Å². The number of hydrogen-bond donors (Lipinski definition) is 1. The van der Waals surface area contributed by atoms with Gasteiger partial charge in [0.2, 0.25) is 15.9 Å². The molecule has 1 amide bonds. The van der Waals surface area contributed by atoms with Gasteiger partial charge in [-0.1, -0.05) is 43.3 Å². The minimum absolute atomic E-state index is 0.187. The molecule has 5 nitrogen and oxygen atoms in total. The third kappa shape index (κ3) is 4.01. The molecular weight excluding hydrogens is 324 g/mol. The number of benzene rings is 2. The second-order valence-electron chi connectivity index (χ2n) is 5.56. The SMILES string of the molecule is CCN(CC(=O)Nc1c(C)cccc1C)S(=O)(=O)c1ccccc1. The maximum absolute atomic E-state index is 12.6. The van der Waals surface area contributed by atoms with Gasteiger partial charge in [0.25, 0.3) is 0 Å². The first kappa shape index (κ1) is 18.2. The zero-order chi connectivity index (χ0) is 17.7. The number of amides is 1. The third-order valence-corrected chi connectivity index (χ3v) is 5.73. The lowest BCUT2D eigenvalue weighted by Crippen LogP contribution is -2.38. The molecular formula is C18H22N2O3S. The predicted octanol–water partition coefficient (Wildman–Crippen LogP) is 2.95. The van der Waals surface area contributed by atoms with Gasteiger partial charge in [-0.2, -0.15) is 4.31 Å². The lowest BCUT2D eigenvalue weighted by atomic mass is 10.1. The highest BCUT2D eigenvalue weighted by atomic mass is 32.2. The van der Waals surface area contributed by atoms with Gasteiger partial charge in [0, 0.05) is 12.2 Å². The van der Waals surface area contributed by atoms with Gasteiger partial charge in [-0.15, -0.1) is 0 Å². The van der Waals surface area contributed by atoms with Gasteiger partial charge in [-0.05, 0) is 37.1 Å². The van der Waals surface area contributed by atoms with Crippen LogP contribution in [0.2, 0.25) is 0 Å². The summed E-state index contributed by atoms with van der Waals surface area (Å²) in [6.45, 7) is 5.52. The number of rotatable bonds is 6. The van der Waals surface area contributed by atoms with Gasteiger partial charge < -0.3 is 5.32 Å². The van der Waals surface area contributed by atoms with Crippen molar-refractivity contribution in [2.24, 2.45) is 0 Å². The van der Waals surface area contributed by atoms with E-state index in [2.05, 4.69) is 5.32 Å². The number of carbonyl (C=O) groups is 1. The summed E-state index contributed by atoms with van der Waals surface area (Å²) in [6.07, 6.45) is 0. The lowest BCUT2D eigenvalue weighted by molar-refractivity contribution is -0.116.